The third-order valence-corrected chi connectivity index (χ3v) is 5.06. The van der Waals surface area contributed by atoms with Crippen molar-refractivity contribution < 1.29 is 13.9 Å². The highest BCUT2D eigenvalue weighted by Gasteiger charge is 2.28. The lowest BCUT2D eigenvalue weighted by Gasteiger charge is -2.14. The first-order valence-electron chi connectivity index (χ1n) is 9.83. The second-order valence-corrected chi connectivity index (χ2v) is 7.16. The van der Waals surface area contributed by atoms with Gasteiger partial charge in [-0.1, -0.05) is 60.4 Å². The molecular weight excluding hydrogens is 379 g/mol. The van der Waals surface area contributed by atoms with Crippen molar-refractivity contribution in [3.05, 3.63) is 89.0 Å². The fourth-order valence-electron chi connectivity index (χ4n) is 3.67. The largest absolute Gasteiger partial charge is 0.449 e. The number of aryl methyl sites for hydroxylation is 1. The number of benzene rings is 2. The van der Waals surface area contributed by atoms with Crippen LogP contribution in [0, 0.1) is 24.7 Å². The first kappa shape index (κ1) is 19.7. The zero-order valence-corrected chi connectivity index (χ0v) is 16.6. The summed E-state index contributed by atoms with van der Waals surface area (Å²) in [5.41, 5.74) is 5.83. The Hall–Kier alpha value is -3.65. The van der Waals surface area contributed by atoms with Crippen LogP contribution in [0.1, 0.15) is 34.6 Å². The van der Waals surface area contributed by atoms with Crippen LogP contribution in [0.25, 0.3) is 11.1 Å². The molecule has 1 aliphatic rings. The van der Waals surface area contributed by atoms with E-state index in [1.165, 1.54) is 28.5 Å². The summed E-state index contributed by atoms with van der Waals surface area (Å²) in [5.74, 6) is 5.04. The number of halogens is 1. The van der Waals surface area contributed by atoms with Gasteiger partial charge in [0.2, 0.25) is 5.95 Å². The second kappa shape index (κ2) is 8.79. The average Bonchev–Trinajstić information content (AvgIpc) is 3.08. The number of rotatable bonds is 4. The molecule has 0 radical (unpaired) electrons. The van der Waals surface area contributed by atoms with E-state index in [0.29, 0.717) is 13.0 Å². The van der Waals surface area contributed by atoms with Gasteiger partial charge in [0.1, 0.15) is 6.61 Å². The second-order valence-electron chi connectivity index (χ2n) is 7.16. The van der Waals surface area contributed by atoms with Gasteiger partial charge >= 0.3 is 6.09 Å². The van der Waals surface area contributed by atoms with Crippen molar-refractivity contribution in [1.82, 2.24) is 10.3 Å². The maximum atomic E-state index is 13.6. The lowest BCUT2D eigenvalue weighted by Crippen LogP contribution is -2.26. The summed E-state index contributed by atoms with van der Waals surface area (Å²) in [5, 5.41) is 2.69. The number of carbonyl (C=O) groups excluding carboxylic acids is 1. The summed E-state index contributed by atoms with van der Waals surface area (Å²) in [6.45, 7) is 2.42. The van der Waals surface area contributed by atoms with Gasteiger partial charge in [-0.05, 0) is 40.8 Å². The van der Waals surface area contributed by atoms with Gasteiger partial charge in [0, 0.05) is 25.1 Å². The van der Waals surface area contributed by atoms with Crippen molar-refractivity contribution in [2.45, 2.75) is 19.3 Å². The van der Waals surface area contributed by atoms with E-state index in [1.54, 1.807) is 6.07 Å². The van der Waals surface area contributed by atoms with Crippen LogP contribution in [0.2, 0.25) is 0 Å². The Bertz CT molecular complexity index is 1100. The Kier molecular flexibility index (Phi) is 5.76. The molecule has 0 unspecified atom stereocenters. The lowest BCUT2D eigenvalue weighted by molar-refractivity contribution is 0.143. The van der Waals surface area contributed by atoms with Crippen LogP contribution in [0.3, 0.4) is 0 Å². The van der Waals surface area contributed by atoms with Crippen molar-refractivity contribution in [1.29, 1.82) is 0 Å². The molecule has 4 nitrogen and oxygen atoms in total. The average molecular weight is 400 g/mol. The highest BCUT2D eigenvalue weighted by molar-refractivity contribution is 5.79. The van der Waals surface area contributed by atoms with Gasteiger partial charge in [-0.2, -0.15) is 4.39 Å². The first-order chi connectivity index (χ1) is 14.6. The zero-order chi connectivity index (χ0) is 20.9. The number of pyridine rings is 1. The predicted molar refractivity (Wildman–Crippen MR) is 113 cm³/mol. The van der Waals surface area contributed by atoms with E-state index < -0.39 is 12.0 Å². The molecule has 1 aliphatic carbocycles. The molecule has 5 heteroatoms. The number of fused-ring (bicyclic) bond motifs is 3. The number of alkyl carbamates (subject to hydrolysis) is 1. The van der Waals surface area contributed by atoms with E-state index >= 15 is 0 Å². The molecule has 2 aromatic carbocycles. The quantitative estimate of drug-likeness (QED) is 0.388. The summed E-state index contributed by atoms with van der Waals surface area (Å²) in [6, 6.07) is 18.0. The highest BCUT2D eigenvalue weighted by atomic mass is 19.1. The van der Waals surface area contributed by atoms with Crippen LogP contribution in [-0.4, -0.2) is 24.2 Å². The van der Waals surface area contributed by atoms with Gasteiger partial charge in [0.15, 0.2) is 0 Å². The summed E-state index contributed by atoms with van der Waals surface area (Å²) in [6.07, 6.45) is 1.36. The summed E-state index contributed by atoms with van der Waals surface area (Å²) >= 11 is 0. The van der Waals surface area contributed by atoms with Crippen LogP contribution >= 0.6 is 0 Å². The van der Waals surface area contributed by atoms with E-state index in [9.17, 15) is 9.18 Å². The molecule has 0 saturated carbocycles. The molecule has 0 saturated heterocycles. The molecule has 1 amide bonds. The number of carbonyl (C=O) groups is 1. The van der Waals surface area contributed by atoms with E-state index in [2.05, 4.69) is 46.4 Å². The zero-order valence-electron chi connectivity index (χ0n) is 16.6. The van der Waals surface area contributed by atoms with Crippen molar-refractivity contribution in [2.75, 3.05) is 13.2 Å². The maximum absolute atomic E-state index is 13.6. The SMILES string of the molecule is Cc1cnc(F)c(C#CCCNC(=O)OCC2c3ccccc3-c3ccccc32)c1. The van der Waals surface area contributed by atoms with Crippen molar-refractivity contribution in [2.24, 2.45) is 0 Å². The minimum Gasteiger partial charge on any atom is -0.449 e. The number of hydrogen-bond donors (Lipinski definition) is 1. The van der Waals surface area contributed by atoms with E-state index in [-0.39, 0.29) is 18.1 Å². The van der Waals surface area contributed by atoms with Crippen LogP contribution in [0.5, 0.6) is 0 Å². The highest BCUT2D eigenvalue weighted by Crippen LogP contribution is 2.44. The maximum Gasteiger partial charge on any atom is 0.407 e. The molecule has 0 bridgehead atoms. The molecule has 0 atom stereocenters. The number of ether oxygens (including phenoxy) is 1. The summed E-state index contributed by atoms with van der Waals surface area (Å²) in [7, 11) is 0. The Balaban J connectivity index is 1.30. The molecule has 1 aromatic heterocycles. The smallest absolute Gasteiger partial charge is 0.407 e. The number of nitrogens with zero attached hydrogens (tertiary/aromatic N) is 1. The Morgan fingerprint density at radius 3 is 2.50 bits per heavy atom. The molecule has 30 heavy (non-hydrogen) atoms. The Morgan fingerprint density at radius 2 is 1.80 bits per heavy atom. The minimum atomic E-state index is -0.586. The molecule has 0 spiro atoms. The summed E-state index contributed by atoms with van der Waals surface area (Å²) < 4.78 is 19.0. The molecular formula is C25H21FN2O2. The number of hydrogen-bond acceptors (Lipinski definition) is 3. The summed E-state index contributed by atoms with van der Waals surface area (Å²) in [4.78, 5) is 15.7. The lowest BCUT2D eigenvalue weighted by atomic mass is 9.98. The van der Waals surface area contributed by atoms with Crippen LogP contribution < -0.4 is 5.32 Å². The van der Waals surface area contributed by atoms with E-state index in [4.69, 9.17) is 4.74 Å². The fourth-order valence-corrected chi connectivity index (χ4v) is 3.67. The van der Waals surface area contributed by atoms with Crippen LogP contribution in [0.4, 0.5) is 9.18 Å². The normalized spacial score (nSPS) is 11.8. The molecule has 1 N–H and O–H groups in total. The molecule has 0 fully saturated rings. The Morgan fingerprint density at radius 1 is 1.13 bits per heavy atom. The number of nitrogens with one attached hydrogen (secondary N) is 1. The van der Waals surface area contributed by atoms with Crippen LogP contribution in [-0.2, 0) is 4.74 Å². The molecule has 1 heterocycles. The minimum absolute atomic E-state index is 0.0275. The third-order valence-electron chi connectivity index (χ3n) is 5.06. The topological polar surface area (TPSA) is 51.2 Å². The van der Waals surface area contributed by atoms with Gasteiger partial charge < -0.3 is 10.1 Å². The first-order valence-corrected chi connectivity index (χ1v) is 9.83. The third kappa shape index (κ3) is 4.18. The molecule has 4 rings (SSSR count). The van der Waals surface area contributed by atoms with E-state index in [1.807, 2.05) is 31.2 Å². The van der Waals surface area contributed by atoms with Crippen molar-refractivity contribution >= 4 is 6.09 Å². The van der Waals surface area contributed by atoms with Crippen LogP contribution in [0.15, 0.2) is 60.8 Å². The van der Waals surface area contributed by atoms with E-state index in [0.717, 1.165) is 5.56 Å². The van der Waals surface area contributed by atoms with Crippen molar-refractivity contribution in [3.63, 3.8) is 0 Å². The fraction of sp³-hybridized carbons (Fsp3) is 0.200. The molecule has 3 aromatic rings. The van der Waals surface area contributed by atoms with Gasteiger partial charge in [-0.25, -0.2) is 9.78 Å². The number of aromatic nitrogens is 1. The van der Waals surface area contributed by atoms with Gasteiger partial charge in [-0.15, -0.1) is 0 Å². The number of amides is 1. The monoisotopic (exact) mass is 400 g/mol. The predicted octanol–water partition coefficient (Wildman–Crippen LogP) is 4.81. The standard InChI is InChI=1S/C25H21FN2O2/c1-17-14-18(24(26)28-15-17)8-6-7-13-27-25(29)30-16-23-21-11-4-2-9-19(21)20-10-3-5-12-22(20)23/h2-5,9-12,14-15,23H,7,13,16H2,1H3,(H,27,29). The van der Waals surface area contributed by atoms with Crippen molar-refractivity contribution in [3.8, 4) is 23.0 Å². The molecule has 150 valence electrons. The van der Waals surface area contributed by atoms with Gasteiger partial charge in [-0.3, -0.25) is 0 Å². The molecule has 0 aliphatic heterocycles. The Labute approximate surface area is 175 Å². The van der Waals surface area contributed by atoms with Gasteiger partial charge in [0.05, 0.1) is 5.56 Å². The van der Waals surface area contributed by atoms with Gasteiger partial charge in [0.25, 0.3) is 0 Å².